The van der Waals surface area contributed by atoms with Gasteiger partial charge in [0.1, 0.15) is 5.75 Å². The van der Waals surface area contributed by atoms with Crippen LogP contribution in [0.5, 0.6) is 5.75 Å². The first-order valence-electron chi connectivity index (χ1n) is 10.3. The number of ether oxygens (including phenoxy) is 1. The van der Waals surface area contributed by atoms with Crippen LogP contribution in [0.1, 0.15) is 40.8 Å². The maximum atomic E-state index is 10.6. The topological polar surface area (TPSA) is 110 Å². The fourth-order valence-electron chi connectivity index (χ4n) is 3.83. The van der Waals surface area contributed by atoms with E-state index in [-0.39, 0.29) is 6.10 Å². The van der Waals surface area contributed by atoms with Crippen molar-refractivity contribution in [3.8, 4) is 17.1 Å². The first-order valence-corrected chi connectivity index (χ1v) is 10.3. The lowest BCUT2D eigenvalue weighted by Gasteiger charge is -2.23. The van der Waals surface area contributed by atoms with Crippen LogP contribution in [0.15, 0.2) is 35.0 Å². The fourth-order valence-corrected chi connectivity index (χ4v) is 3.83. The molecule has 1 unspecified atom stereocenters. The van der Waals surface area contributed by atoms with Crippen LogP contribution >= 0.6 is 0 Å². The summed E-state index contributed by atoms with van der Waals surface area (Å²) >= 11 is 0. The number of carbonyl (C=O) groups is 1. The summed E-state index contributed by atoms with van der Waals surface area (Å²) in [5.41, 5.74) is 5.67. The molecule has 174 valence electrons. The number of aryl methyl sites for hydroxylation is 2. The fraction of sp³-hybridized carbons (Fsp3) is 0.364. The Hall–Kier alpha value is -3.47. The summed E-state index contributed by atoms with van der Waals surface area (Å²) < 4.78 is 43.4. The lowest BCUT2D eigenvalue weighted by molar-refractivity contribution is -0.192. The van der Waals surface area contributed by atoms with Crippen LogP contribution in [0.4, 0.5) is 13.2 Å². The molecule has 2 aliphatic rings. The van der Waals surface area contributed by atoms with E-state index in [4.69, 9.17) is 19.2 Å². The number of carboxylic acids is 1. The zero-order chi connectivity index (χ0) is 23.6. The van der Waals surface area contributed by atoms with Gasteiger partial charge in [0.15, 0.2) is 6.10 Å². The molecule has 0 amide bonds. The third-order valence-corrected chi connectivity index (χ3v) is 5.43. The van der Waals surface area contributed by atoms with Crippen molar-refractivity contribution in [3.63, 3.8) is 0 Å². The highest BCUT2D eigenvalue weighted by Crippen LogP contribution is 2.35. The Balaban J connectivity index is 0.000000325. The molecule has 3 aromatic rings. The maximum Gasteiger partial charge on any atom is 0.490 e. The first-order chi connectivity index (χ1) is 15.7. The van der Waals surface area contributed by atoms with Gasteiger partial charge in [-0.3, -0.25) is 4.98 Å². The molecule has 8 nitrogen and oxygen atoms in total. The number of benzene rings is 1. The van der Waals surface area contributed by atoms with Crippen molar-refractivity contribution in [2.75, 3.05) is 6.54 Å². The molecule has 1 aromatic carbocycles. The van der Waals surface area contributed by atoms with Gasteiger partial charge < -0.3 is 19.7 Å². The van der Waals surface area contributed by atoms with Crippen LogP contribution < -0.4 is 10.1 Å². The predicted octanol–water partition coefficient (Wildman–Crippen LogP) is 3.79. The molecule has 0 spiro atoms. The molecule has 2 aromatic heterocycles. The summed E-state index contributed by atoms with van der Waals surface area (Å²) in [6.45, 7) is 3.79. The van der Waals surface area contributed by atoms with Gasteiger partial charge >= 0.3 is 12.1 Å². The van der Waals surface area contributed by atoms with Crippen LogP contribution in [0.25, 0.3) is 11.4 Å². The van der Waals surface area contributed by atoms with Gasteiger partial charge in [0.2, 0.25) is 5.82 Å². The number of nitrogens with one attached hydrogen (secondary N) is 1. The summed E-state index contributed by atoms with van der Waals surface area (Å²) in [4.78, 5) is 18.1. The van der Waals surface area contributed by atoms with Crippen LogP contribution in [0.2, 0.25) is 0 Å². The minimum absolute atomic E-state index is 0.194. The van der Waals surface area contributed by atoms with E-state index in [2.05, 4.69) is 26.5 Å². The highest BCUT2D eigenvalue weighted by Gasteiger charge is 2.38. The number of rotatable bonds is 2. The van der Waals surface area contributed by atoms with E-state index in [1.807, 2.05) is 31.3 Å². The standard InChI is InChI=1S/C20H20N4O2.C2HF3O2/c1-12-18(15-8-9-21-10-14(15)11-22-12)19-23-20(26-24-19)17-7-6-13-4-2-3-5-16(13)25-17;3-2(4,5)1(6)7/h2-5,11,17,21H,6-10H2,1H3;(H,6,7). The summed E-state index contributed by atoms with van der Waals surface area (Å²) in [5.74, 6) is -0.691. The zero-order valence-corrected chi connectivity index (χ0v) is 17.6. The molecule has 0 aliphatic carbocycles. The number of hydrogen-bond acceptors (Lipinski definition) is 7. The van der Waals surface area contributed by atoms with Crippen molar-refractivity contribution in [1.29, 1.82) is 0 Å². The Morgan fingerprint density at radius 1 is 1.21 bits per heavy atom. The van der Waals surface area contributed by atoms with E-state index in [1.165, 1.54) is 16.7 Å². The van der Waals surface area contributed by atoms with E-state index in [1.54, 1.807) is 0 Å². The number of para-hydroxylation sites is 1. The van der Waals surface area contributed by atoms with Crippen molar-refractivity contribution in [2.24, 2.45) is 0 Å². The second-order valence-corrected chi connectivity index (χ2v) is 7.66. The highest BCUT2D eigenvalue weighted by atomic mass is 19.4. The molecule has 0 fully saturated rings. The van der Waals surface area contributed by atoms with E-state index in [0.717, 1.165) is 49.4 Å². The van der Waals surface area contributed by atoms with Crippen LogP contribution in [-0.2, 0) is 24.2 Å². The smallest absolute Gasteiger partial charge is 0.480 e. The third kappa shape index (κ3) is 4.98. The minimum atomic E-state index is -5.08. The van der Waals surface area contributed by atoms with Gasteiger partial charge in [0.05, 0.1) is 0 Å². The van der Waals surface area contributed by atoms with Crippen LogP contribution in [0.3, 0.4) is 0 Å². The molecule has 0 saturated carbocycles. The quantitative estimate of drug-likeness (QED) is 0.592. The van der Waals surface area contributed by atoms with Gasteiger partial charge in [-0.1, -0.05) is 23.4 Å². The van der Waals surface area contributed by atoms with Gasteiger partial charge in [-0.05, 0) is 55.5 Å². The van der Waals surface area contributed by atoms with Gasteiger partial charge in [-0.25, -0.2) is 4.79 Å². The summed E-state index contributed by atoms with van der Waals surface area (Å²) in [6, 6.07) is 8.12. The van der Waals surface area contributed by atoms with Crippen molar-refractivity contribution in [3.05, 3.63) is 58.7 Å². The number of aliphatic carboxylic acids is 1. The summed E-state index contributed by atoms with van der Waals surface area (Å²) in [6.07, 6.45) is -0.591. The van der Waals surface area contributed by atoms with E-state index < -0.39 is 12.1 Å². The SMILES string of the molecule is Cc1ncc2c(c1-c1noc(C3CCc4ccccc4O3)n1)CCNC2.O=C(O)C(F)(F)F. The van der Waals surface area contributed by atoms with Gasteiger partial charge in [0.25, 0.3) is 5.89 Å². The number of fused-ring (bicyclic) bond motifs is 2. The Morgan fingerprint density at radius 3 is 2.73 bits per heavy atom. The summed E-state index contributed by atoms with van der Waals surface area (Å²) in [5, 5.41) is 14.8. The minimum Gasteiger partial charge on any atom is -0.480 e. The first kappa shape index (κ1) is 22.7. The van der Waals surface area contributed by atoms with E-state index in [0.29, 0.717) is 11.7 Å². The van der Waals surface area contributed by atoms with Crippen LogP contribution in [-0.4, -0.2) is 38.9 Å². The summed E-state index contributed by atoms with van der Waals surface area (Å²) in [7, 11) is 0. The van der Waals surface area contributed by atoms with Crippen molar-refractivity contribution >= 4 is 5.97 Å². The van der Waals surface area contributed by atoms with Crippen molar-refractivity contribution < 1.29 is 32.3 Å². The molecule has 4 heterocycles. The molecule has 5 rings (SSSR count). The van der Waals surface area contributed by atoms with E-state index in [9.17, 15) is 13.2 Å². The number of nitrogens with zero attached hydrogens (tertiary/aromatic N) is 3. The molecule has 2 aliphatic heterocycles. The van der Waals surface area contributed by atoms with Crippen molar-refractivity contribution in [2.45, 2.75) is 45.0 Å². The Bertz CT molecular complexity index is 1160. The Labute approximate surface area is 186 Å². The van der Waals surface area contributed by atoms with Gasteiger partial charge in [-0.15, -0.1) is 0 Å². The largest absolute Gasteiger partial charge is 0.490 e. The molecule has 0 saturated heterocycles. The van der Waals surface area contributed by atoms with Crippen LogP contribution in [0, 0.1) is 6.92 Å². The van der Waals surface area contributed by atoms with E-state index >= 15 is 0 Å². The number of carboxylic acid groups (broad SMARTS) is 1. The number of aromatic nitrogens is 3. The van der Waals surface area contributed by atoms with Crippen molar-refractivity contribution in [1.82, 2.24) is 20.4 Å². The molecule has 2 N–H and O–H groups in total. The lowest BCUT2D eigenvalue weighted by atomic mass is 9.95. The Morgan fingerprint density at radius 2 is 1.97 bits per heavy atom. The maximum absolute atomic E-state index is 10.6. The molecule has 0 radical (unpaired) electrons. The molecule has 1 atom stereocenters. The van der Waals surface area contributed by atoms with Gasteiger partial charge in [0, 0.05) is 24.0 Å². The average Bonchev–Trinajstić information content (AvgIpc) is 3.28. The lowest BCUT2D eigenvalue weighted by Crippen LogP contribution is -2.24. The molecule has 11 heteroatoms. The second-order valence-electron chi connectivity index (χ2n) is 7.66. The predicted molar refractivity (Wildman–Crippen MR) is 109 cm³/mol. The zero-order valence-electron chi connectivity index (χ0n) is 17.6. The molecular weight excluding hydrogens is 441 g/mol. The third-order valence-electron chi connectivity index (χ3n) is 5.43. The molecular formula is C22H21F3N4O4. The monoisotopic (exact) mass is 462 g/mol. The van der Waals surface area contributed by atoms with Gasteiger partial charge in [-0.2, -0.15) is 18.2 Å². The number of hydrogen-bond donors (Lipinski definition) is 2. The molecule has 33 heavy (non-hydrogen) atoms. The normalized spacial score (nSPS) is 17.2. The average molecular weight is 462 g/mol. The number of halogens is 3. The number of pyridine rings is 1. The Kier molecular flexibility index (Phi) is 6.32. The second kappa shape index (κ2) is 9.18. The molecule has 0 bridgehead atoms. The highest BCUT2D eigenvalue weighted by molar-refractivity contribution is 5.73. The number of alkyl halides is 3.